The summed E-state index contributed by atoms with van der Waals surface area (Å²) in [4.78, 5) is 13.2. The molecule has 0 aromatic heterocycles. The smallest absolute Gasteiger partial charge is 0.224 e. The van der Waals surface area contributed by atoms with Crippen LogP contribution < -0.4 is 10.6 Å². The Morgan fingerprint density at radius 3 is 2.42 bits per heavy atom. The van der Waals surface area contributed by atoms with Crippen molar-refractivity contribution >= 4 is 17.7 Å². The van der Waals surface area contributed by atoms with E-state index in [0.717, 1.165) is 18.7 Å². The van der Waals surface area contributed by atoms with E-state index < -0.39 is 0 Å². The van der Waals surface area contributed by atoms with Gasteiger partial charge >= 0.3 is 0 Å². The van der Waals surface area contributed by atoms with Gasteiger partial charge in [-0.1, -0.05) is 26.0 Å². The molecule has 0 saturated heterocycles. The molecule has 3 nitrogen and oxygen atoms in total. The second-order valence-electron chi connectivity index (χ2n) is 4.71. The molecule has 2 unspecified atom stereocenters. The van der Waals surface area contributed by atoms with Gasteiger partial charge in [-0.3, -0.25) is 4.79 Å². The van der Waals surface area contributed by atoms with Crippen LogP contribution in [0.5, 0.6) is 0 Å². The molecule has 2 atom stereocenters. The number of thioether (sulfide) groups is 1. The Balaban J connectivity index is 2.53. The average molecular weight is 280 g/mol. The number of amides is 1. The maximum Gasteiger partial charge on any atom is 0.224 e. The minimum Gasteiger partial charge on any atom is -0.349 e. The fraction of sp³-hybridized carbons (Fsp3) is 0.533. The highest BCUT2D eigenvalue weighted by Crippen LogP contribution is 2.19. The van der Waals surface area contributed by atoms with E-state index >= 15 is 0 Å². The van der Waals surface area contributed by atoms with E-state index in [-0.39, 0.29) is 17.9 Å². The Bertz CT molecular complexity index is 392. The molecule has 0 saturated carbocycles. The molecule has 1 aromatic carbocycles. The van der Waals surface area contributed by atoms with Gasteiger partial charge in [0, 0.05) is 17.4 Å². The minimum atomic E-state index is -0.00660. The van der Waals surface area contributed by atoms with Crippen molar-refractivity contribution in [3.05, 3.63) is 29.8 Å². The van der Waals surface area contributed by atoms with Gasteiger partial charge in [0.1, 0.15) is 0 Å². The maximum atomic E-state index is 12.0. The number of carbonyl (C=O) groups is 1. The summed E-state index contributed by atoms with van der Waals surface area (Å²) in [5.41, 5.74) is 1.14. The third-order valence-electron chi connectivity index (χ3n) is 3.12. The first kappa shape index (κ1) is 16.1. The number of nitrogens with one attached hydrogen (secondary N) is 2. The maximum absolute atomic E-state index is 12.0. The molecule has 0 aliphatic rings. The van der Waals surface area contributed by atoms with Gasteiger partial charge in [0.2, 0.25) is 5.91 Å². The molecule has 106 valence electrons. The predicted octanol–water partition coefficient (Wildman–Crippen LogP) is 2.83. The van der Waals surface area contributed by atoms with Crippen molar-refractivity contribution in [2.45, 2.75) is 31.7 Å². The van der Waals surface area contributed by atoms with Gasteiger partial charge in [-0.15, -0.1) is 11.8 Å². The molecule has 1 aromatic rings. The molecular formula is C15H24N2OS. The fourth-order valence-electron chi connectivity index (χ4n) is 1.79. The molecule has 19 heavy (non-hydrogen) atoms. The molecule has 0 radical (unpaired) electrons. The van der Waals surface area contributed by atoms with Gasteiger partial charge in [0.05, 0.1) is 6.04 Å². The molecule has 0 aliphatic heterocycles. The van der Waals surface area contributed by atoms with Crippen LogP contribution in [-0.2, 0) is 4.79 Å². The summed E-state index contributed by atoms with van der Waals surface area (Å²) >= 11 is 1.72. The van der Waals surface area contributed by atoms with Crippen molar-refractivity contribution in [2.24, 2.45) is 5.92 Å². The van der Waals surface area contributed by atoms with E-state index in [1.54, 1.807) is 11.8 Å². The predicted molar refractivity (Wildman–Crippen MR) is 82.5 cm³/mol. The normalized spacial score (nSPS) is 13.9. The lowest BCUT2D eigenvalue weighted by Crippen LogP contribution is -2.36. The van der Waals surface area contributed by atoms with Gasteiger partial charge in [-0.25, -0.2) is 0 Å². The zero-order valence-corrected chi connectivity index (χ0v) is 13.0. The van der Waals surface area contributed by atoms with Crippen LogP contribution in [0, 0.1) is 5.92 Å². The second kappa shape index (κ2) is 8.23. The fourth-order valence-corrected chi connectivity index (χ4v) is 2.19. The topological polar surface area (TPSA) is 41.1 Å². The number of carbonyl (C=O) groups excluding carboxylic acids is 1. The van der Waals surface area contributed by atoms with Crippen molar-refractivity contribution in [3.63, 3.8) is 0 Å². The van der Waals surface area contributed by atoms with Crippen LogP contribution in [0.3, 0.4) is 0 Å². The SMILES string of the molecule is CCNCC(C)C(=O)NC(C)c1ccc(SC)cc1. The van der Waals surface area contributed by atoms with Gasteiger partial charge in [0.25, 0.3) is 0 Å². The van der Waals surface area contributed by atoms with Gasteiger partial charge in [0.15, 0.2) is 0 Å². The van der Waals surface area contributed by atoms with E-state index in [1.165, 1.54) is 4.90 Å². The van der Waals surface area contributed by atoms with Crippen LogP contribution in [0.15, 0.2) is 29.2 Å². The quantitative estimate of drug-likeness (QED) is 0.755. The lowest BCUT2D eigenvalue weighted by atomic mass is 10.1. The number of hydrogen-bond donors (Lipinski definition) is 2. The summed E-state index contributed by atoms with van der Waals surface area (Å²) in [7, 11) is 0. The summed E-state index contributed by atoms with van der Waals surface area (Å²) in [5, 5.41) is 6.25. The van der Waals surface area contributed by atoms with E-state index in [1.807, 2.05) is 20.8 Å². The standard InChI is InChI=1S/C15H24N2OS/c1-5-16-10-11(2)15(18)17-12(3)13-6-8-14(19-4)9-7-13/h6-9,11-12,16H,5,10H2,1-4H3,(H,17,18). The molecule has 0 fully saturated rings. The van der Waals surface area contributed by atoms with Gasteiger partial charge in [-0.05, 0) is 37.4 Å². The monoisotopic (exact) mass is 280 g/mol. The summed E-state index contributed by atoms with van der Waals surface area (Å²) in [6, 6.07) is 8.37. The van der Waals surface area contributed by atoms with E-state index in [9.17, 15) is 4.79 Å². The summed E-state index contributed by atoms with van der Waals surface area (Å²) in [6.07, 6.45) is 2.06. The van der Waals surface area contributed by atoms with Crippen LogP contribution in [-0.4, -0.2) is 25.3 Å². The third kappa shape index (κ3) is 5.25. The zero-order valence-electron chi connectivity index (χ0n) is 12.2. The van der Waals surface area contributed by atoms with Crippen LogP contribution in [0.25, 0.3) is 0 Å². The molecule has 2 N–H and O–H groups in total. The number of hydrogen-bond acceptors (Lipinski definition) is 3. The summed E-state index contributed by atoms with van der Waals surface area (Å²) in [5.74, 6) is 0.0928. The highest BCUT2D eigenvalue weighted by molar-refractivity contribution is 7.98. The number of benzene rings is 1. The van der Waals surface area contributed by atoms with Crippen LogP contribution in [0.2, 0.25) is 0 Å². The van der Waals surface area contributed by atoms with Gasteiger partial charge < -0.3 is 10.6 Å². The highest BCUT2D eigenvalue weighted by Gasteiger charge is 2.15. The molecule has 1 amide bonds. The number of rotatable bonds is 7. The highest BCUT2D eigenvalue weighted by atomic mass is 32.2. The Kier molecular flexibility index (Phi) is 6.95. The average Bonchev–Trinajstić information content (AvgIpc) is 2.44. The van der Waals surface area contributed by atoms with Crippen molar-refractivity contribution in [1.82, 2.24) is 10.6 Å². The Hall–Kier alpha value is -1.00. The molecular weight excluding hydrogens is 256 g/mol. The Labute approximate surface area is 120 Å². The Morgan fingerprint density at radius 1 is 1.26 bits per heavy atom. The van der Waals surface area contributed by atoms with E-state index in [2.05, 4.69) is 41.2 Å². The van der Waals surface area contributed by atoms with Crippen molar-refractivity contribution < 1.29 is 4.79 Å². The third-order valence-corrected chi connectivity index (χ3v) is 3.87. The van der Waals surface area contributed by atoms with Crippen molar-refractivity contribution in [3.8, 4) is 0 Å². The first-order valence-corrected chi connectivity index (χ1v) is 7.96. The lowest BCUT2D eigenvalue weighted by molar-refractivity contribution is -0.125. The van der Waals surface area contributed by atoms with Crippen molar-refractivity contribution in [1.29, 1.82) is 0 Å². The van der Waals surface area contributed by atoms with Crippen LogP contribution in [0.4, 0.5) is 0 Å². The van der Waals surface area contributed by atoms with E-state index in [4.69, 9.17) is 0 Å². The molecule has 0 heterocycles. The molecule has 0 bridgehead atoms. The molecule has 0 aliphatic carbocycles. The van der Waals surface area contributed by atoms with Gasteiger partial charge in [-0.2, -0.15) is 0 Å². The van der Waals surface area contributed by atoms with Crippen molar-refractivity contribution in [2.75, 3.05) is 19.3 Å². The molecule has 4 heteroatoms. The largest absolute Gasteiger partial charge is 0.349 e. The second-order valence-corrected chi connectivity index (χ2v) is 5.59. The summed E-state index contributed by atoms with van der Waals surface area (Å²) < 4.78 is 0. The molecule has 1 rings (SSSR count). The van der Waals surface area contributed by atoms with E-state index in [0.29, 0.717) is 0 Å². The Morgan fingerprint density at radius 2 is 1.89 bits per heavy atom. The minimum absolute atomic E-state index is 0.00660. The first-order valence-electron chi connectivity index (χ1n) is 6.73. The zero-order chi connectivity index (χ0) is 14.3. The summed E-state index contributed by atoms with van der Waals surface area (Å²) in [6.45, 7) is 7.62. The first-order chi connectivity index (χ1) is 9.08. The van der Waals surface area contributed by atoms with Crippen LogP contribution in [0.1, 0.15) is 32.4 Å². The lowest BCUT2D eigenvalue weighted by Gasteiger charge is -2.18. The van der Waals surface area contributed by atoms with Crippen LogP contribution >= 0.6 is 11.8 Å². The molecule has 0 spiro atoms.